The molecule has 0 spiro atoms. The zero-order valence-electron chi connectivity index (χ0n) is 10.3. The van der Waals surface area contributed by atoms with Gasteiger partial charge in [-0.1, -0.05) is 42.5 Å². The topological polar surface area (TPSA) is 33.1 Å². The monoisotopic (exact) mass is 247 g/mol. The van der Waals surface area contributed by atoms with Crippen LogP contribution in [-0.2, 0) is 0 Å². The number of nitrogens with zero attached hydrogens (tertiary/aromatic N) is 1. The van der Waals surface area contributed by atoms with Crippen LogP contribution in [-0.4, -0.2) is 10.1 Å². The molecule has 2 heteroatoms. The van der Waals surface area contributed by atoms with E-state index < -0.39 is 0 Å². The molecular formula is C17H13NO. The molecule has 0 fully saturated rings. The minimum Gasteiger partial charge on any atom is -0.508 e. The highest BCUT2D eigenvalue weighted by Gasteiger charge is 1.97. The summed E-state index contributed by atoms with van der Waals surface area (Å²) in [6, 6.07) is 17.2. The molecule has 0 aliphatic carbocycles. The van der Waals surface area contributed by atoms with Gasteiger partial charge >= 0.3 is 0 Å². The van der Waals surface area contributed by atoms with Crippen molar-refractivity contribution in [2.24, 2.45) is 0 Å². The van der Waals surface area contributed by atoms with Crippen LogP contribution in [0.25, 0.3) is 23.1 Å². The van der Waals surface area contributed by atoms with E-state index in [9.17, 15) is 5.11 Å². The number of rotatable bonds is 2. The van der Waals surface area contributed by atoms with Crippen molar-refractivity contribution in [3.63, 3.8) is 0 Å². The summed E-state index contributed by atoms with van der Waals surface area (Å²) >= 11 is 0. The molecule has 0 aliphatic rings. The Balaban J connectivity index is 1.99. The third kappa shape index (κ3) is 2.47. The highest BCUT2D eigenvalue weighted by Crippen LogP contribution is 2.19. The summed E-state index contributed by atoms with van der Waals surface area (Å²) in [7, 11) is 0. The highest BCUT2D eigenvalue weighted by molar-refractivity contribution is 5.90. The molecule has 1 heterocycles. The number of aromatic nitrogens is 1. The molecule has 2 aromatic carbocycles. The molecule has 1 aromatic heterocycles. The van der Waals surface area contributed by atoms with E-state index in [-0.39, 0.29) is 5.75 Å². The third-order valence-electron chi connectivity index (χ3n) is 3.03. The van der Waals surface area contributed by atoms with Gasteiger partial charge in [0, 0.05) is 11.6 Å². The molecule has 0 unspecified atom stereocenters. The van der Waals surface area contributed by atoms with Gasteiger partial charge in [0.2, 0.25) is 0 Å². The summed E-state index contributed by atoms with van der Waals surface area (Å²) in [5, 5.41) is 10.4. The first-order valence-electron chi connectivity index (χ1n) is 6.14. The second-order valence-corrected chi connectivity index (χ2v) is 4.34. The predicted octanol–water partition coefficient (Wildman–Crippen LogP) is 4.11. The maximum atomic E-state index is 9.25. The van der Waals surface area contributed by atoms with Crippen molar-refractivity contribution in [2.45, 2.75) is 0 Å². The van der Waals surface area contributed by atoms with Crippen molar-refractivity contribution in [3.05, 3.63) is 71.9 Å². The van der Waals surface area contributed by atoms with Crippen LogP contribution in [0.3, 0.4) is 0 Å². The lowest BCUT2D eigenvalue weighted by Gasteiger charge is -2.01. The average molecular weight is 247 g/mol. The summed E-state index contributed by atoms with van der Waals surface area (Å²) in [6.45, 7) is 0. The lowest BCUT2D eigenvalue weighted by atomic mass is 10.1. The summed E-state index contributed by atoms with van der Waals surface area (Å²) in [4.78, 5) is 4.34. The van der Waals surface area contributed by atoms with Crippen molar-refractivity contribution in [2.75, 3.05) is 0 Å². The van der Waals surface area contributed by atoms with E-state index in [0.29, 0.717) is 0 Å². The average Bonchev–Trinajstić information content (AvgIpc) is 2.47. The van der Waals surface area contributed by atoms with Gasteiger partial charge in [-0.2, -0.15) is 0 Å². The molecule has 92 valence electrons. The van der Waals surface area contributed by atoms with Crippen LogP contribution in [0.15, 0.2) is 60.8 Å². The van der Waals surface area contributed by atoms with Crippen LogP contribution in [0.4, 0.5) is 0 Å². The van der Waals surface area contributed by atoms with Crippen LogP contribution >= 0.6 is 0 Å². The number of benzene rings is 2. The smallest absolute Gasteiger partial charge is 0.115 e. The Kier molecular flexibility index (Phi) is 2.99. The van der Waals surface area contributed by atoms with Crippen LogP contribution in [0.1, 0.15) is 11.1 Å². The number of phenols is 1. The number of hydrogen-bond acceptors (Lipinski definition) is 2. The maximum absolute atomic E-state index is 9.25. The first-order chi connectivity index (χ1) is 9.33. The number of phenolic OH excluding ortho intramolecular Hbond substituents is 1. The Bertz CT molecular complexity index is 724. The normalized spacial score (nSPS) is 11.2. The lowest BCUT2D eigenvalue weighted by molar-refractivity contribution is 0.475. The van der Waals surface area contributed by atoms with E-state index in [0.717, 1.165) is 22.0 Å². The standard InChI is InChI=1S/C17H13NO/c19-15-9-6-13(7-10-15)5-8-14-11-12-18-17-4-2-1-3-16(14)17/h1-12,19H/b8-5+. The lowest BCUT2D eigenvalue weighted by Crippen LogP contribution is -1.81. The molecular weight excluding hydrogens is 234 g/mol. The minimum absolute atomic E-state index is 0.284. The van der Waals surface area contributed by atoms with Gasteiger partial charge in [-0.3, -0.25) is 4.98 Å². The second kappa shape index (κ2) is 4.94. The molecule has 0 amide bonds. The van der Waals surface area contributed by atoms with Gasteiger partial charge in [0.1, 0.15) is 5.75 Å². The summed E-state index contributed by atoms with van der Waals surface area (Å²) in [6.07, 6.45) is 5.91. The van der Waals surface area contributed by atoms with Gasteiger partial charge in [0.25, 0.3) is 0 Å². The van der Waals surface area contributed by atoms with Crippen molar-refractivity contribution in [1.82, 2.24) is 4.98 Å². The minimum atomic E-state index is 0.284. The van der Waals surface area contributed by atoms with Crippen molar-refractivity contribution < 1.29 is 5.11 Å². The summed E-state index contributed by atoms with van der Waals surface area (Å²) in [5.41, 5.74) is 3.19. The van der Waals surface area contributed by atoms with E-state index in [4.69, 9.17) is 0 Å². The van der Waals surface area contributed by atoms with Gasteiger partial charge in [-0.15, -0.1) is 0 Å². The second-order valence-electron chi connectivity index (χ2n) is 4.34. The van der Waals surface area contributed by atoms with Gasteiger partial charge in [0.05, 0.1) is 5.52 Å². The highest BCUT2D eigenvalue weighted by atomic mass is 16.3. The van der Waals surface area contributed by atoms with Gasteiger partial charge in [-0.25, -0.2) is 0 Å². The van der Waals surface area contributed by atoms with Crippen LogP contribution < -0.4 is 0 Å². The molecule has 1 N–H and O–H groups in total. The fourth-order valence-corrected chi connectivity index (χ4v) is 2.03. The fourth-order valence-electron chi connectivity index (χ4n) is 2.03. The van der Waals surface area contributed by atoms with Crippen LogP contribution in [0.2, 0.25) is 0 Å². The third-order valence-corrected chi connectivity index (χ3v) is 3.03. The molecule has 0 bridgehead atoms. The largest absolute Gasteiger partial charge is 0.508 e. The SMILES string of the molecule is Oc1ccc(/C=C/c2ccnc3ccccc23)cc1. The Hall–Kier alpha value is -2.61. The Morgan fingerprint density at radius 1 is 0.842 bits per heavy atom. The van der Waals surface area contributed by atoms with E-state index in [2.05, 4.69) is 17.1 Å². The molecule has 0 aliphatic heterocycles. The van der Waals surface area contributed by atoms with Gasteiger partial charge in [-0.05, 0) is 35.4 Å². The van der Waals surface area contributed by atoms with Crippen molar-refractivity contribution in [3.8, 4) is 5.75 Å². The maximum Gasteiger partial charge on any atom is 0.115 e. The summed E-state index contributed by atoms with van der Waals surface area (Å²) in [5.74, 6) is 0.284. The molecule has 2 nitrogen and oxygen atoms in total. The van der Waals surface area contributed by atoms with Crippen LogP contribution in [0, 0.1) is 0 Å². The van der Waals surface area contributed by atoms with E-state index in [1.165, 1.54) is 0 Å². The Morgan fingerprint density at radius 3 is 2.47 bits per heavy atom. The van der Waals surface area contributed by atoms with Crippen molar-refractivity contribution in [1.29, 1.82) is 0 Å². The zero-order chi connectivity index (χ0) is 13.1. The quantitative estimate of drug-likeness (QED) is 0.739. The van der Waals surface area contributed by atoms with E-state index in [1.54, 1.807) is 12.1 Å². The summed E-state index contributed by atoms with van der Waals surface area (Å²) < 4.78 is 0. The molecule has 0 saturated carbocycles. The molecule has 3 aromatic rings. The number of para-hydroxylation sites is 1. The predicted molar refractivity (Wildman–Crippen MR) is 78.8 cm³/mol. The number of aromatic hydroxyl groups is 1. The Morgan fingerprint density at radius 2 is 1.63 bits per heavy atom. The molecule has 0 atom stereocenters. The number of pyridine rings is 1. The molecule has 3 rings (SSSR count). The molecule has 0 radical (unpaired) electrons. The Labute approximate surface area is 111 Å². The number of fused-ring (bicyclic) bond motifs is 1. The molecule has 19 heavy (non-hydrogen) atoms. The van der Waals surface area contributed by atoms with E-state index >= 15 is 0 Å². The van der Waals surface area contributed by atoms with E-state index in [1.807, 2.05) is 48.7 Å². The zero-order valence-corrected chi connectivity index (χ0v) is 10.3. The van der Waals surface area contributed by atoms with Crippen LogP contribution in [0.5, 0.6) is 5.75 Å². The first kappa shape index (κ1) is 11.5. The fraction of sp³-hybridized carbons (Fsp3) is 0. The van der Waals surface area contributed by atoms with Gasteiger partial charge < -0.3 is 5.11 Å². The molecule has 0 saturated heterocycles. The van der Waals surface area contributed by atoms with Gasteiger partial charge in [0.15, 0.2) is 0 Å². The van der Waals surface area contributed by atoms with Crippen molar-refractivity contribution >= 4 is 23.1 Å². The first-order valence-corrected chi connectivity index (χ1v) is 6.14. The number of hydrogen-bond donors (Lipinski definition) is 1.